The maximum absolute atomic E-state index is 5.71. The molecule has 1 rings (SSSR count). The number of hydrogen-bond acceptors (Lipinski definition) is 1. The first-order valence-corrected chi connectivity index (χ1v) is 8.06. The van der Waals surface area contributed by atoms with Gasteiger partial charge in [0.05, 0.1) is 13.7 Å². The van der Waals surface area contributed by atoms with E-state index in [0.717, 1.165) is 12.1 Å². The smallest absolute Gasteiger partial charge is 0.0631 e. The number of ether oxygens (including phenoxy) is 1. The summed E-state index contributed by atoms with van der Waals surface area (Å²) in [6.07, 6.45) is 1.28. The number of hydrogen-bond donors (Lipinski definition) is 0. The molecule has 1 aliphatic rings. The summed E-state index contributed by atoms with van der Waals surface area (Å²) in [5, 5.41) is 0. The average molecular weight is 172 g/mol. The quantitative estimate of drug-likeness (QED) is 0.553. The van der Waals surface area contributed by atoms with Gasteiger partial charge in [-0.3, -0.25) is 0 Å². The monoisotopic (exact) mass is 172 g/mol. The summed E-state index contributed by atoms with van der Waals surface area (Å²) >= 11 is 0. The highest BCUT2D eigenvalue weighted by Gasteiger charge is 2.43. The third kappa shape index (κ3) is 1.85. The van der Waals surface area contributed by atoms with Crippen molar-refractivity contribution in [2.75, 3.05) is 6.61 Å². The minimum absolute atomic E-state index is 0.157. The first-order chi connectivity index (χ1) is 4.84. The summed E-state index contributed by atoms with van der Waals surface area (Å²) in [6, 6.07) is 0. The van der Waals surface area contributed by atoms with E-state index in [0.29, 0.717) is 0 Å². The first-order valence-electron chi connectivity index (χ1n) is 4.48. The van der Waals surface area contributed by atoms with Gasteiger partial charge < -0.3 is 4.74 Å². The van der Waals surface area contributed by atoms with Crippen LogP contribution >= 0.6 is 0 Å². The molecule has 0 radical (unpaired) electrons. The maximum Gasteiger partial charge on any atom is 0.0631 e. The second-order valence-corrected chi connectivity index (χ2v) is 10.6. The second kappa shape index (κ2) is 2.59. The van der Waals surface area contributed by atoms with Gasteiger partial charge in [0.2, 0.25) is 0 Å². The zero-order chi connectivity index (χ0) is 8.70. The Morgan fingerprint density at radius 2 is 1.82 bits per heavy atom. The summed E-state index contributed by atoms with van der Waals surface area (Å²) in [6.45, 7) is 12.8. The van der Waals surface area contributed by atoms with Crippen molar-refractivity contribution < 1.29 is 4.74 Å². The predicted octanol–water partition coefficient (Wildman–Crippen LogP) is 2.89. The normalized spacial score (nSPS) is 30.8. The molecular formula is C9H20OSi. The van der Waals surface area contributed by atoms with E-state index in [2.05, 4.69) is 33.5 Å². The molecule has 1 fully saturated rings. The lowest BCUT2D eigenvalue weighted by Crippen LogP contribution is -2.39. The van der Waals surface area contributed by atoms with Crippen molar-refractivity contribution >= 4 is 8.07 Å². The Balaban J connectivity index is 2.73. The Hall–Kier alpha value is 0.177. The largest absolute Gasteiger partial charge is 0.376 e. The van der Waals surface area contributed by atoms with Crippen LogP contribution in [0.4, 0.5) is 0 Å². The van der Waals surface area contributed by atoms with Crippen molar-refractivity contribution in [1.29, 1.82) is 0 Å². The highest BCUT2D eigenvalue weighted by atomic mass is 28.3. The molecule has 0 aromatic carbocycles. The van der Waals surface area contributed by atoms with Crippen LogP contribution in [0, 0.1) is 0 Å². The first kappa shape index (κ1) is 9.27. The SMILES string of the molecule is CC1(C)OCCC1[Si](C)(C)C. The minimum Gasteiger partial charge on any atom is -0.376 e. The van der Waals surface area contributed by atoms with E-state index in [1.807, 2.05) is 0 Å². The highest BCUT2D eigenvalue weighted by molar-refractivity contribution is 6.77. The van der Waals surface area contributed by atoms with Crippen LogP contribution in [0.15, 0.2) is 0 Å². The van der Waals surface area contributed by atoms with Gasteiger partial charge in [-0.25, -0.2) is 0 Å². The predicted molar refractivity (Wildman–Crippen MR) is 51.7 cm³/mol. The van der Waals surface area contributed by atoms with Crippen LogP contribution in [0.5, 0.6) is 0 Å². The molecule has 0 aromatic rings. The number of rotatable bonds is 1. The van der Waals surface area contributed by atoms with Crippen LogP contribution in [0.2, 0.25) is 25.2 Å². The molecule has 1 atom stereocenters. The van der Waals surface area contributed by atoms with Crippen molar-refractivity contribution in [2.24, 2.45) is 0 Å². The van der Waals surface area contributed by atoms with Gasteiger partial charge in [-0.05, 0) is 25.8 Å². The molecule has 1 unspecified atom stereocenters. The molecule has 0 saturated carbocycles. The van der Waals surface area contributed by atoms with Gasteiger partial charge in [-0.15, -0.1) is 0 Å². The molecule has 1 saturated heterocycles. The molecule has 0 amide bonds. The summed E-state index contributed by atoms with van der Waals surface area (Å²) in [7, 11) is -0.985. The van der Waals surface area contributed by atoms with E-state index >= 15 is 0 Å². The fraction of sp³-hybridized carbons (Fsp3) is 1.00. The lowest BCUT2D eigenvalue weighted by atomic mass is 10.1. The van der Waals surface area contributed by atoms with Crippen molar-refractivity contribution in [3.8, 4) is 0 Å². The zero-order valence-corrected chi connectivity index (χ0v) is 9.40. The average Bonchev–Trinajstić information content (AvgIpc) is 2.06. The molecular weight excluding hydrogens is 152 g/mol. The van der Waals surface area contributed by atoms with Gasteiger partial charge in [-0.2, -0.15) is 0 Å². The minimum atomic E-state index is -0.985. The molecule has 2 heteroatoms. The molecule has 0 aromatic heterocycles. The molecule has 66 valence electrons. The molecule has 1 nitrogen and oxygen atoms in total. The lowest BCUT2D eigenvalue weighted by Gasteiger charge is -2.34. The molecule has 1 heterocycles. The van der Waals surface area contributed by atoms with Crippen molar-refractivity contribution in [3.63, 3.8) is 0 Å². The van der Waals surface area contributed by atoms with E-state index in [1.165, 1.54) is 6.42 Å². The zero-order valence-electron chi connectivity index (χ0n) is 8.40. The Morgan fingerprint density at radius 1 is 1.27 bits per heavy atom. The standard InChI is InChI=1S/C9H20OSi/c1-9(2)8(6-7-10-9)11(3,4)5/h8H,6-7H2,1-5H3. The summed E-state index contributed by atoms with van der Waals surface area (Å²) < 4.78 is 5.71. The Morgan fingerprint density at radius 3 is 2.00 bits per heavy atom. The Labute approximate surface area is 71.1 Å². The fourth-order valence-electron chi connectivity index (χ4n) is 2.36. The maximum atomic E-state index is 5.71. The van der Waals surface area contributed by atoms with E-state index in [4.69, 9.17) is 4.74 Å². The molecule has 11 heavy (non-hydrogen) atoms. The molecule has 0 spiro atoms. The van der Waals surface area contributed by atoms with Gasteiger partial charge in [0.25, 0.3) is 0 Å². The van der Waals surface area contributed by atoms with Crippen LogP contribution in [-0.2, 0) is 4.74 Å². The lowest BCUT2D eigenvalue weighted by molar-refractivity contribution is 0.0357. The molecule has 0 N–H and O–H groups in total. The highest BCUT2D eigenvalue weighted by Crippen LogP contribution is 2.43. The topological polar surface area (TPSA) is 9.23 Å². The van der Waals surface area contributed by atoms with E-state index < -0.39 is 8.07 Å². The van der Waals surface area contributed by atoms with E-state index in [-0.39, 0.29) is 5.60 Å². The molecule has 1 aliphatic heterocycles. The van der Waals surface area contributed by atoms with Gasteiger partial charge in [-0.1, -0.05) is 19.6 Å². The van der Waals surface area contributed by atoms with Gasteiger partial charge >= 0.3 is 0 Å². The van der Waals surface area contributed by atoms with Crippen molar-refractivity contribution in [2.45, 2.75) is 51.1 Å². The molecule has 0 aliphatic carbocycles. The van der Waals surface area contributed by atoms with E-state index in [1.54, 1.807) is 0 Å². The fourth-order valence-corrected chi connectivity index (χ4v) is 5.52. The molecule has 0 bridgehead atoms. The third-order valence-corrected chi connectivity index (χ3v) is 5.84. The Kier molecular flexibility index (Phi) is 2.19. The van der Waals surface area contributed by atoms with Crippen LogP contribution in [-0.4, -0.2) is 20.3 Å². The van der Waals surface area contributed by atoms with Crippen LogP contribution in [0.1, 0.15) is 20.3 Å². The van der Waals surface area contributed by atoms with E-state index in [9.17, 15) is 0 Å². The van der Waals surface area contributed by atoms with Crippen molar-refractivity contribution in [1.82, 2.24) is 0 Å². The summed E-state index contributed by atoms with van der Waals surface area (Å²) in [4.78, 5) is 0. The van der Waals surface area contributed by atoms with Gasteiger partial charge in [0.1, 0.15) is 0 Å². The van der Waals surface area contributed by atoms with Crippen LogP contribution < -0.4 is 0 Å². The van der Waals surface area contributed by atoms with Crippen LogP contribution in [0.3, 0.4) is 0 Å². The summed E-state index contributed by atoms with van der Waals surface area (Å²) in [5.41, 5.74) is 1.000. The van der Waals surface area contributed by atoms with Gasteiger partial charge in [0, 0.05) is 6.61 Å². The van der Waals surface area contributed by atoms with Crippen LogP contribution in [0.25, 0.3) is 0 Å². The Bertz CT molecular complexity index is 146. The van der Waals surface area contributed by atoms with Crippen molar-refractivity contribution in [3.05, 3.63) is 0 Å². The second-order valence-electron chi connectivity index (χ2n) is 5.16. The third-order valence-electron chi connectivity index (χ3n) is 2.77. The summed E-state index contributed by atoms with van der Waals surface area (Å²) in [5.74, 6) is 0. The van der Waals surface area contributed by atoms with Gasteiger partial charge in [0.15, 0.2) is 0 Å².